The van der Waals surface area contributed by atoms with E-state index < -0.39 is 0 Å². The SMILES string of the molecule is O=C(CCC#Cc1ccccn1)Nc1cccc(F)c1. The number of anilines is 1. The fourth-order valence-corrected chi connectivity index (χ4v) is 1.56. The van der Waals surface area contributed by atoms with Crippen LogP contribution in [-0.4, -0.2) is 10.9 Å². The van der Waals surface area contributed by atoms with Crippen molar-refractivity contribution in [1.29, 1.82) is 0 Å². The van der Waals surface area contributed by atoms with Crippen LogP contribution in [0.25, 0.3) is 0 Å². The second kappa shape index (κ2) is 7.05. The van der Waals surface area contributed by atoms with Crippen molar-refractivity contribution in [3.05, 3.63) is 60.2 Å². The third kappa shape index (κ3) is 4.54. The fourth-order valence-electron chi connectivity index (χ4n) is 1.56. The van der Waals surface area contributed by atoms with E-state index in [1.54, 1.807) is 24.4 Å². The van der Waals surface area contributed by atoms with Crippen molar-refractivity contribution in [2.24, 2.45) is 0 Å². The lowest BCUT2D eigenvalue weighted by molar-refractivity contribution is -0.116. The molecule has 0 atom stereocenters. The molecule has 0 saturated heterocycles. The molecule has 0 aliphatic rings. The van der Waals surface area contributed by atoms with E-state index in [4.69, 9.17) is 0 Å². The summed E-state index contributed by atoms with van der Waals surface area (Å²) in [6.07, 6.45) is 2.36. The molecule has 4 heteroatoms. The molecule has 1 amide bonds. The lowest BCUT2D eigenvalue weighted by Crippen LogP contribution is -2.10. The van der Waals surface area contributed by atoms with Gasteiger partial charge in [0.25, 0.3) is 0 Å². The molecule has 1 heterocycles. The van der Waals surface area contributed by atoms with Crippen LogP contribution >= 0.6 is 0 Å². The molecule has 0 radical (unpaired) electrons. The molecule has 2 aromatic rings. The number of hydrogen-bond donors (Lipinski definition) is 1. The molecule has 100 valence electrons. The summed E-state index contributed by atoms with van der Waals surface area (Å²) in [6, 6.07) is 11.3. The van der Waals surface area contributed by atoms with Gasteiger partial charge in [0.2, 0.25) is 5.91 Å². The molecular weight excluding hydrogens is 255 g/mol. The topological polar surface area (TPSA) is 42.0 Å². The van der Waals surface area contributed by atoms with Crippen LogP contribution in [0.3, 0.4) is 0 Å². The van der Waals surface area contributed by atoms with Crippen LogP contribution in [0.5, 0.6) is 0 Å². The van der Waals surface area contributed by atoms with E-state index in [1.165, 1.54) is 12.1 Å². The molecule has 1 aromatic heterocycles. The summed E-state index contributed by atoms with van der Waals surface area (Å²) in [7, 11) is 0. The Hall–Kier alpha value is -2.67. The fraction of sp³-hybridized carbons (Fsp3) is 0.125. The number of aromatic nitrogens is 1. The Bertz CT molecular complexity index is 644. The maximum absolute atomic E-state index is 12.9. The number of nitrogens with zero attached hydrogens (tertiary/aromatic N) is 1. The average molecular weight is 268 g/mol. The van der Waals surface area contributed by atoms with Gasteiger partial charge in [-0.2, -0.15) is 0 Å². The van der Waals surface area contributed by atoms with Gasteiger partial charge in [-0.1, -0.05) is 18.1 Å². The Labute approximate surface area is 116 Å². The first-order chi connectivity index (χ1) is 9.74. The zero-order valence-electron chi connectivity index (χ0n) is 10.8. The van der Waals surface area contributed by atoms with E-state index in [0.717, 1.165) is 0 Å². The van der Waals surface area contributed by atoms with E-state index >= 15 is 0 Å². The molecule has 0 saturated carbocycles. The van der Waals surface area contributed by atoms with E-state index in [-0.39, 0.29) is 18.1 Å². The van der Waals surface area contributed by atoms with Gasteiger partial charge in [-0.15, -0.1) is 0 Å². The second-order valence-corrected chi connectivity index (χ2v) is 4.08. The molecule has 2 rings (SSSR count). The summed E-state index contributed by atoms with van der Waals surface area (Å²) in [5, 5.41) is 2.62. The van der Waals surface area contributed by atoms with Crippen LogP contribution in [0.4, 0.5) is 10.1 Å². The number of amides is 1. The lowest BCUT2D eigenvalue weighted by atomic mass is 10.2. The molecule has 0 spiro atoms. The highest BCUT2D eigenvalue weighted by Crippen LogP contribution is 2.09. The standard InChI is InChI=1S/C16H13FN2O/c17-13-6-5-9-15(12-13)19-16(20)10-2-1-7-14-8-3-4-11-18-14/h3-6,8-9,11-12H,2,10H2,(H,19,20). The zero-order chi connectivity index (χ0) is 14.2. The van der Waals surface area contributed by atoms with Crippen molar-refractivity contribution < 1.29 is 9.18 Å². The minimum absolute atomic E-state index is 0.189. The first-order valence-electron chi connectivity index (χ1n) is 6.19. The summed E-state index contributed by atoms with van der Waals surface area (Å²) >= 11 is 0. The number of carbonyl (C=O) groups is 1. The van der Waals surface area contributed by atoms with Crippen molar-refractivity contribution in [2.45, 2.75) is 12.8 Å². The predicted molar refractivity (Wildman–Crippen MR) is 75.4 cm³/mol. The van der Waals surface area contributed by atoms with Crippen LogP contribution in [-0.2, 0) is 4.79 Å². The van der Waals surface area contributed by atoms with Crippen molar-refractivity contribution in [3.63, 3.8) is 0 Å². The van der Waals surface area contributed by atoms with Gasteiger partial charge in [0, 0.05) is 24.7 Å². The summed E-state index contributed by atoms with van der Waals surface area (Å²) in [4.78, 5) is 15.7. The molecule has 0 fully saturated rings. The Balaban J connectivity index is 1.80. The summed E-state index contributed by atoms with van der Waals surface area (Å²) in [6.45, 7) is 0. The largest absolute Gasteiger partial charge is 0.326 e. The van der Waals surface area contributed by atoms with Gasteiger partial charge in [-0.05, 0) is 36.3 Å². The van der Waals surface area contributed by atoms with Crippen molar-refractivity contribution in [3.8, 4) is 11.8 Å². The molecular formula is C16H13FN2O. The van der Waals surface area contributed by atoms with Crippen LogP contribution in [0.1, 0.15) is 18.5 Å². The maximum atomic E-state index is 12.9. The molecule has 20 heavy (non-hydrogen) atoms. The predicted octanol–water partition coefficient (Wildman–Crippen LogP) is 2.99. The highest BCUT2D eigenvalue weighted by Gasteiger charge is 2.01. The monoisotopic (exact) mass is 268 g/mol. The second-order valence-electron chi connectivity index (χ2n) is 4.08. The van der Waals surface area contributed by atoms with Gasteiger partial charge < -0.3 is 5.32 Å². The third-order valence-electron chi connectivity index (χ3n) is 2.47. The summed E-state index contributed by atoms with van der Waals surface area (Å²) < 4.78 is 12.9. The number of nitrogens with one attached hydrogen (secondary N) is 1. The zero-order valence-corrected chi connectivity index (χ0v) is 10.8. The van der Waals surface area contributed by atoms with Crippen molar-refractivity contribution in [2.75, 3.05) is 5.32 Å². The molecule has 0 bridgehead atoms. The Kier molecular flexibility index (Phi) is 4.85. The van der Waals surface area contributed by atoms with E-state index in [2.05, 4.69) is 22.1 Å². The van der Waals surface area contributed by atoms with Gasteiger partial charge in [0.15, 0.2) is 0 Å². The number of carbonyl (C=O) groups excluding carboxylic acids is 1. The number of rotatable bonds is 3. The molecule has 0 aliphatic carbocycles. The third-order valence-corrected chi connectivity index (χ3v) is 2.47. The number of hydrogen-bond acceptors (Lipinski definition) is 2. The molecule has 1 aromatic carbocycles. The highest BCUT2D eigenvalue weighted by atomic mass is 19.1. The van der Waals surface area contributed by atoms with Gasteiger partial charge in [-0.25, -0.2) is 9.37 Å². The van der Waals surface area contributed by atoms with Crippen LogP contribution < -0.4 is 5.32 Å². The van der Waals surface area contributed by atoms with Gasteiger partial charge in [-0.3, -0.25) is 4.79 Å². The first-order valence-corrected chi connectivity index (χ1v) is 6.19. The Morgan fingerprint density at radius 3 is 2.90 bits per heavy atom. The molecule has 0 aliphatic heterocycles. The number of benzene rings is 1. The van der Waals surface area contributed by atoms with Gasteiger partial charge in [0.05, 0.1) is 0 Å². The Morgan fingerprint density at radius 1 is 1.25 bits per heavy atom. The van der Waals surface area contributed by atoms with E-state index in [1.807, 2.05) is 12.1 Å². The quantitative estimate of drug-likeness (QED) is 0.869. The lowest BCUT2D eigenvalue weighted by Gasteiger charge is -2.03. The van der Waals surface area contributed by atoms with Gasteiger partial charge in [0.1, 0.15) is 11.5 Å². The minimum atomic E-state index is -0.377. The van der Waals surface area contributed by atoms with E-state index in [0.29, 0.717) is 17.8 Å². The number of pyridine rings is 1. The smallest absolute Gasteiger partial charge is 0.225 e. The van der Waals surface area contributed by atoms with Crippen LogP contribution in [0.2, 0.25) is 0 Å². The average Bonchev–Trinajstić information content (AvgIpc) is 2.45. The van der Waals surface area contributed by atoms with Crippen LogP contribution in [0, 0.1) is 17.7 Å². The summed E-state index contributed by atoms with van der Waals surface area (Å²) in [5.74, 6) is 5.19. The molecule has 0 unspecified atom stereocenters. The van der Waals surface area contributed by atoms with Crippen molar-refractivity contribution in [1.82, 2.24) is 4.98 Å². The van der Waals surface area contributed by atoms with Crippen molar-refractivity contribution >= 4 is 11.6 Å². The minimum Gasteiger partial charge on any atom is -0.326 e. The first kappa shape index (κ1) is 13.8. The number of halogens is 1. The summed E-state index contributed by atoms with van der Waals surface area (Å²) in [5.41, 5.74) is 1.13. The maximum Gasteiger partial charge on any atom is 0.225 e. The molecule has 3 nitrogen and oxygen atoms in total. The van der Waals surface area contributed by atoms with Crippen LogP contribution in [0.15, 0.2) is 48.7 Å². The normalized spacial score (nSPS) is 9.45. The highest BCUT2D eigenvalue weighted by molar-refractivity contribution is 5.90. The van der Waals surface area contributed by atoms with E-state index in [9.17, 15) is 9.18 Å². The molecule has 1 N–H and O–H groups in total. The van der Waals surface area contributed by atoms with Gasteiger partial charge >= 0.3 is 0 Å². The Morgan fingerprint density at radius 2 is 2.15 bits per heavy atom.